The lowest BCUT2D eigenvalue weighted by atomic mass is 9.96. The van der Waals surface area contributed by atoms with Gasteiger partial charge >= 0.3 is 6.01 Å². The molecule has 1 aliphatic carbocycles. The van der Waals surface area contributed by atoms with Crippen molar-refractivity contribution in [3.63, 3.8) is 0 Å². The van der Waals surface area contributed by atoms with Crippen LogP contribution in [0.4, 0.5) is 20.5 Å². The lowest BCUT2D eigenvalue weighted by Crippen LogP contribution is -2.24. The fourth-order valence-electron chi connectivity index (χ4n) is 4.75. The van der Waals surface area contributed by atoms with Crippen molar-refractivity contribution in [3.8, 4) is 11.1 Å². The quantitative estimate of drug-likeness (QED) is 0.466. The number of nitrogens with two attached hydrogens (primary N) is 1. The second-order valence-electron chi connectivity index (χ2n) is 8.72. The van der Waals surface area contributed by atoms with Gasteiger partial charge in [0.1, 0.15) is 11.6 Å². The Morgan fingerprint density at radius 2 is 1.91 bits per heavy atom. The molecule has 0 unspecified atom stereocenters. The van der Waals surface area contributed by atoms with E-state index in [9.17, 15) is 18.4 Å². The molecule has 0 atom stereocenters. The van der Waals surface area contributed by atoms with Crippen LogP contribution in [-0.2, 0) is 4.79 Å². The molecule has 1 aliphatic heterocycles. The van der Waals surface area contributed by atoms with Gasteiger partial charge in [-0.3, -0.25) is 14.5 Å². The van der Waals surface area contributed by atoms with Crippen LogP contribution < -0.4 is 16.2 Å². The average Bonchev–Trinajstić information content (AvgIpc) is 3.36. The Morgan fingerprint density at radius 1 is 1.12 bits per heavy atom. The maximum Gasteiger partial charge on any atom is 0.305 e. The molecule has 0 bridgehead atoms. The van der Waals surface area contributed by atoms with Crippen LogP contribution in [0.2, 0.25) is 0 Å². The Hall–Kier alpha value is -3.75. The number of carbonyl (C=O) groups excluding carboxylic acids is 1. The zero-order valence-corrected chi connectivity index (χ0v) is 17.8. The Morgan fingerprint density at radius 3 is 2.61 bits per heavy atom. The summed E-state index contributed by atoms with van der Waals surface area (Å²) in [6, 6.07) is 5.56. The van der Waals surface area contributed by atoms with Crippen molar-refractivity contribution in [1.29, 1.82) is 0 Å². The molecule has 6 rings (SSSR count). The minimum absolute atomic E-state index is 0.0000746. The summed E-state index contributed by atoms with van der Waals surface area (Å²) in [5.74, 6) is -1.45. The van der Waals surface area contributed by atoms with Gasteiger partial charge in [-0.25, -0.2) is 8.78 Å². The largest absolute Gasteiger partial charge is 0.422 e. The van der Waals surface area contributed by atoms with Crippen molar-refractivity contribution < 1.29 is 18.0 Å². The molecule has 2 fully saturated rings. The van der Waals surface area contributed by atoms with E-state index >= 15 is 0 Å². The second-order valence-corrected chi connectivity index (χ2v) is 8.72. The molecule has 1 amide bonds. The van der Waals surface area contributed by atoms with E-state index in [-0.39, 0.29) is 40.3 Å². The number of pyridine rings is 1. The van der Waals surface area contributed by atoms with Crippen LogP contribution in [0.1, 0.15) is 37.3 Å². The number of oxazole rings is 1. The number of aromatic nitrogens is 2. The number of rotatable bonds is 3. The van der Waals surface area contributed by atoms with Crippen molar-refractivity contribution in [2.45, 2.75) is 38.6 Å². The van der Waals surface area contributed by atoms with Gasteiger partial charge in [-0.05, 0) is 49.4 Å². The highest BCUT2D eigenvalue weighted by Gasteiger charge is 2.32. The van der Waals surface area contributed by atoms with Crippen molar-refractivity contribution in [3.05, 3.63) is 51.8 Å². The lowest BCUT2D eigenvalue weighted by molar-refractivity contribution is -0.117. The lowest BCUT2D eigenvalue weighted by Gasteiger charge is -2.16. The highest BCUT2D eigenvalue weighted by Crippen LogP contribution is 2.41. The van der Waals surface area contributed by atoms with Gasteiger partial charge in [0.25, 0.3) is 5.56 Å². The second kappa shape index (κ2) is 6.87. The normalized spacial score (nSPS) is 16.5. The molecule has 0 radical (unpaired) electrons. The number of nitrogens with zero attached hydrogens (tertiary/aromatic N) is 3. The Labute approximate surface area is 186 Å². The van der Waals surface area contributed by atoms with Crippen LogP contribution >= 0.6 is 0 Å². The fourth-order valence-corrected chi connectivity index (χ4v) is 4.75. The molecule has 4 aromatic rings. The zero-order valence-electron chi connectivity index (χ0n) is 17.8. The third-order valence-corrected chi connectivity index (χ3v) is 6.55. The first-order valence-electron chi connectivity index (χ1n) is 10.9. The molecule has 2 aromatic carbocycles. The van der Waals surface area contributed by atoms with E-state index in [2.05, 4.69) is 4.98 Å². The number of nitrogen functional groups attached to an aromatic ring is 1. The van der Waals surface area contributed by atoms with E-state index in [0.29, 0.717) is 47.0 Å². The molecule has 7 nitrogen and oxygen atoms in total. The number of hydrogen-bond acceptors (Lipinski definition) is 5. The SMILES string of the molecule is Cc1c(-c2cc(F)c(N)cc2F)ccc2c3oc(N4CCCC4=O)nc3c(=O)n(C3CC3)c12. The summed E-state index contributed by atoms with van der Waals surface area (Å²) >= 11 is 0. The first kappa shape index (κ1) is 19.9. The molecule has 2 aliphatic rings. The molecule has 2 N–H and O–H groups in total. The van der Waals surface area contributed by atoms with Gasteiger partial charge < -0.3 is 14.7 Å². The summed E-state index contributed by atoms with van der Waals surface area (Å²) in [7, 11) is 0. The fraction of sp³-hybridized carbons (Fsp3) is 0.292. The van der Waals surface area contributed by atoms with E-state index < -0.39 is 11.6 Å². The maximum absolute atomic E-state index is 14.7. The van der Waals surface area contributed by atoms with Gasteiger partial charge in [0.15, 0.2) is 11.1 Å². The van der Waals surface area contributed by atoms with Gasteiger partial charge in [-0.2, -0.15) is 4.98 Å². The number of carbonyl (C=O) groups is 1. The molecule has 1 saturated heterocycles. The molecule has 0 spiro atoms. The summed E-state index contributed by atoms with van der Waals surface area (Å²) in [5, 5.41) is 0.638. The van der Waals surface area contributed by atoms with Crippen molar-refractivity contribution >= 4 is 39.6 Å². The molecular formula is C24H20F2N4O3. The molecule has 168 valence electrons. The first-order chi connectivity index (χ1) is 15.8. The van der Waals surface area contributed by atoms with Crippen LogP contribution in [-0.4, -0.2) is 22.0 Å². The van der Waals surface area contributed by atoms with Crippen LogP contribution in [0.25, 0.3) is 33.1 Å². The van der Waals surface area contributed by atoms with Crippen LogP contribution in [0.15, 0.2) is 33.5 Å². The minimum Gasteiger partial charge on any atom is -0.422 e. The smallest absolute Gasteiger partial charge is 0.305 e. The number of fused-ring (bicyclic) bond motifs is 3. The van der Waals surface area contributed by atoms with Gasteiger partial charge in [-0.1, -0.05) is 6.07 Å². The van der Waals surface area contributed by atoms with Crippen LogP contribution in [0.5, 0.6) is 0 Å². The van der Waals surface area contributed by atoms with Crippen LogP contribution in [0.3, 0.4) is 0 Å². The van der Waals surface area contributed by atoms with Crippen molar-refractivity contribution in [2.24, 2.45) is 0 Å². The van der Waals surface area contributed by atoms with Gasteiger partial charge in [0.05, 0.1) is 11.2 Å². The summed E-state index contributed by atoms with van der Waals surface area (Å²) < 4.78 is 36.5. The number of benzene rings is 2. The predicted octanol–water partition coefficient (Wildman–Crippen LogP) is 4.44. The Balaban J connectivity index is 1.66. The number of amides is 1. The molecular weight excluding hydrogens is 430 g/mol. The predicted molar refractivity (Wildman–Crippen MR) is 120 cm³/mol. The maximum atomic E-state index is 14.7. The zero-order chi connectivity index (χ0) is 23.0. The van der Waals surface area contributed by atoms with Crippen molar-refractivity contribution in [1.82, 2.24) is 9.55 Å². The summed E-state index contributed by atoms with van der Waals surface area (Å²) in [6.07, 6.45) is 2.80. The van der Waals surface area contributed by atoms with Gasteiger partial charge in [0, 0.05) is 36.0 Å². The number of anilines is 2. The van der Waals surface area contributed by atoms with E-state index in [4.69, 9.17) is 10.2 Å². The molecule has 33 heavy (non-hydrogen) atoms. The summed E-state index contributed by atoms with van der Waals surface area (Å²) in [5.41, 5.74) is 7.13. The first-order valence-corrected chi connectivity index (χ1v) is 10.9. The summed E-state index contributed by atoms with van der Waals surface area (Å²) in [6.45, 7) is 2.27. The Kier molecular flexibility index (Phi) is 4.14. The van der Waals surface area contributed by atoms with E-state index in [1.54, 1.807) is 23.6 Å². The average molecular weight is 450 g/mol. The number of hydrogen-bond donors (Lipinski definition) is 1. The van der Waals surface area contributed by atoms with Gasteiger partial charge in [-0.15, -0.1) is 0 Å². The van der Waals surface area contributed by atoms with E-state index in [0.717, 1.165) is 25.0 Å². The minimum atomic E-state index is -0.712. The highest BCUT2D eigenvalue weighted by atomic mass is 19.1. The molecule has 1 saturated carbocycles. The standard InChI is InChI=1S/C24H20F2N4O3/c1-11-13(15-9-17(26)18(27)10-16(15)25)6-7-14-21(11)30(12-4-5-12)23(32)20-22(14)33-24(28-20)29-8-2-3-19(29)31/h6-7,9-10,12H,2-5,8,27H2,1H3. The monoisotopic (exact) mass is 450 g/mol. The number of halogens is 2. The highest BCUT2D eigenvalue weighted by molar-refractivity contribution is 6.05. The summed E-state index contributed by atoms with van der Waals surface area (Å²) in [4.78, 5) is 31.5. The number of aryl methyl sites for hydroxylation is 1. The third-order valence-electron chi connectivity index (χ3n) is 6.55. The van der Waals surface area contributed by atoms with Crippen LogP contribution in [0, 0.1) is 18.6 Å². The molecule has 3 heterocycles. The Bertz CT molecular complexity index is 1550. The molecule has 2 aromatic heterocycles. The topological polar surface area (TPSA) is 94.4 Å². The van der Waals surface area contributed by atoms with E-state index in [1.807, 2.05) is 0 Å². The van der Waals surface area contributed by atoms with Crippen molar-refractivity contribution in [2.75, 3.05) is 17.2 Å². The third kappa shape index (κ3) is 2.88. The van der Waals surface area contributed by atoms with E-state index in [1.165, 1.54) is 4.90 Å². The molecule has 9 heteroatoms. The van der Waals surface area contributed by atoms with Gasteiger partial charge in [0.2, 0.25) is 5.91 Å².